The van der Waals surface area contributed by atoms with Gasteiger partial charge in [0.05, 0.1) is 22.2 Å². The first kappa shape index (κ1) is 55.5. The highest BCUT2D eigenvalue weighted by Gasteiger charge is 2.76. The Kier molecular flexibility index (Phi) is 16.7. The van der Waals surface area contributed by atoms with Crippen molar-refractivity contribution < 1.29 is 52.3 Å². The lowest BCUT2D eigenvalue weighted by Gasteiger charge is -2.69. The molecule has 1 unspecified atom stereocenters. The summed E-state index contributed by atoms with van der Waals surface area (Å²) in [5.74, 6) is 1.07. The zero-order chi connectivity index (χ0) is 54.8. The van der Waals surface area contributed by atoms with E-state index in [4.69, 9.17) is 25.6 Å². The SMILES string of the molecule is CN(CCN(C)C(=O)Oc1cc2c(c3ccccc13)CCN2C(=O)C12CC(C(=O)N3CC(CCl)c4c3cc(OP(=O)(O)O)c3ccccc43)(C1)C2)C(=O)OCc1ccccc1SSCCNCCCCCCN1CC=CC1=O. The van der Waals surface area contributed by atoms with E-state index in [-0.39, 0.29) is 61.5 Å². The number of phosphoric acid groups is 1. The first-order chi connectivity index (χ1) is 37.6. The predicted octanol–water partition coefficient (Wildman–Crippen LogP) is 9.88. The summed E-state index contributed by atoms with van der Waals surface area (Å²) >= 11 is 6.50. The van der Waals surface area contributed by atoms with Crippen LogP contribution >= 0.6 is 41.0 Å². The molecule has 0 aromatic heterocycles. The molecule has 3 saturated carbocycles. The van der Waals surface area contributed by atoms with Crippen LogP contribution in [0, 0.1) is 10.8 Å². The molecular formula is C57H64ClN6O11PS2. The fraction of sp³-hybridized carbons (Fsp3) is 0.421. The third-order valence-electron chi connectivity index (χ3n) is 15.8. The van der Waals surface area contributed by atoms with Crippen LogP contribution in [0.1, 0.15) is 67.6 Å². The maximum Gasteiger partial charge on any atom is 0.524 e. The number of halogens is 1. The number of carbonyl (C=O) groups excluding carboxylic acids is 5. The summed E-state index contributed by atoms with van der Waals surface area (Å²) in [6.45, 7) is 4.56. The summed E-state index contributed by atoms with van der Waals surface area (Å²) in [6.07, 6.45) is 8.46. The number of alkyl halides is 1. The molecule has 0 saturated heterocycles. The highest BCUT2D eigenvalue weighted by atomic mass is 35.5. The number of hydrogen-bond acceptors (Lipinski definition) is 12. The van der Waals surface area contributed by atoms with Crippen molar-refractivity contribution in [3.05, 3.63) is 114 Å². The molecule has 21 heteroatoms. The van der Waals surface area contributed by atoms with E-state index in [1.54, 1.807) is 69.8 Å². The molecule has 17 nitrogen and oxygen atoms in total. The number of likely N-dealkylation sites (N-methyl/N-ethyl adjacent to an activating group) is 2. The molecule has 11 rings (SSSR count). The Balaban J connectivity index is 0.698. The molecule has 5 amide bonds. The second kappa shape index (κ2) is 23.5. The van der Waals surface area contributed by atoms with E-state index < -0.39 is 30.8 Å². The number of rotatable bonds is 23. The van der Waals surface area contributed by atoms with Gasteiger partial charge in [-0.1, -0.05) is 107 Å². The molecule has 412 valence electrons. The molecule has 3 N–H and O–H groups in total. The number of phosphoric ester groups is 1. The van der Waals surface area contributed by atoms with E-state index in [0.717, 1.165) is 90.0 Å². The van der Waals surface area contributed by atoms with E-state index in [9.17, 15) is 38.3 Å². The third kappa shape index (κ3) is 11.5. The predicted molar refractivity (Wildman–Crippen MR) is 304 cm³/mol. The average Bonchev–Trinajstić information content (AvgIpc) is 4.05. The maximum absolute atomic E-state index is 14.6. The highest BCUT2D eigenvalue weighted by Crippen LogP contribution is 2.75. The van der Waals surface area contributed by atoms with Crippen LogP contribution < -0.4 is 24.4 Å². The number of nitrogens with zero attached hydrogens (tertiary/aromatic N) is 5. The zero-order valence-corrected chi connectivity index (χ0v) is 47.0. The van der Waals surface area contributed by atoms with Gasteiger partial charge in [-0.05, 0) is 73.0 Å². The first-order valence-corrected chi connectivity index (χ1v) is 30.9. The van der Waals surface area contributed by atoms with Gasteiger partial charge < -0.3 is 43.8 Å². The smallest absolute Gasteiger partial charge is 0.445 e. The van der Waals surface area contributed by atoms with Gasteiger partial charge in [0.1, 0.15) is 18.1 Å². The molecule has 78 heavy (non-hydrogen) atoms. The van der Waals surface area contributed by atoms with Crippen LogP contribution in [0.5, 0.6) is 11.5 Å². The third-order valence-corrected chi connectivity index (χ3v) is 19.1. The normalized spacial score (nSPS) is 19.9. The minimum atomic E-state index is -4.93. The summed E-state index contributed by atoms with van der Waals surface area (Å²) in [4.78, 5) is 96.5. The Labute approximate surface area is 466 Å². The maximum atomic E-state index is 14.6. The Morgan fingerprint density at radius 2 is 1.44 bits per heavy atom. The molecule has 2 bridgehead atoms. The molecule has 0 spiro atoms. The molecule has 1 atom stereocenters. The number of benzene rings is 5. The van der Waals surface area contributed by atoms with Gasteiger partial charge in [0.2, 0.25) is 17.7 Å². The number of fused-ring (bicyclic) bond motifs is 6. The number of carbonyl (C=O) groups is 5. The average molecular weight is 1140 g/mol. The largest absolute Gasteiger partial charge is 0.524 e. The molecule has 3 fully saturated rings. The molecule has 5 aromatic carbocycles. The summed E-state index contributed by atoms with van der Waals surface area (Å²) in [6, 6.07) is 25.9. The van der Waals surface area contributed by atoms with Crippen LogP contribution in [0.25, 0.3) is 21.5 Å². The molecule has 0 radical (unpaired) electrons. The molecular weight excluding hydrogens is 1080 g/mol. The van der Waals surface area contributed by atoms with E-state index in [1.165, 1.54) is 15.9 Å². The second-order valence-corrected chi connectivity index (χ2v) is 25.0. The van der Waals surface area contributed by atoms with Gasteiger partial charge in [0, 0.05) is 117 Å². The van der Waals surface area contributed by atoms with Crippen molar-refractivity contribution in [1.29, 1.82) is 0 Å². The number of anilines is 2. The topological polar surface area (TPSA) is 199 Å². The standard InChI is InChI=1S/C57H64ClN6O11PS2/c1-60(54(68)73-34-38-14-5-10-19-49(38)78-77-29-23-59-22-11-3-4-12-24-62-25-13-20-50(62)65)27-28-61(2)55(69)74-47-30-45-41(40-15-6-7-16-42(40)47)21-26-63(45)52(66)56-35-57(36-56,37-56)53(67)64-33-39(32-58)51-44-18-9-8-17-43(44)48(31-46(51)64)75-76(70,71)72/h5-10,13-20,30-31,39,59H,3-4,11-12,21-29,32-37H2,1-2H3,(H2,70,71,72). The van der Waals surface area contributed by atoms with Crippen molar-refractivity contribution in [3.63, 3.8) is 0 Å². The Hall–Kier alpha value is -5.79. The Morgan fingerprint density at radius 3 is 2.14 bits per heavy atom. The Bertz CT molecular complexity index is 3210. The van der Waals surface area contributed by atoms with Crippen molar-refractivity contribution in [2.24, 2.45) is 10.8 Å². The number of nitrogens with one attached hydrogen (secondary N) is 1. The number of ether oxygens (including phenoxy) is 2. The van der Waals surface area contributed by atoms with Gasteiger partial charge in [-0.3, -0.25) is 24.2 Å². The van der Waals surface area contributed by atoms with Crippen molar-refractivity contribution in [3.8, 4) is 11.5 Å². The monoisotopic (exact) mass is 1140 g/mol. The number of unbranched alkanes of at least 4 members (excludes halogenated alkanes) is 3. The van der Waals surface area contributed by atoms with Gasteiger partial charge >= 0.3 is 20.0 Å². The fourth-order valence-corrected chi connectivity index (χ4v) is 14.7. The molecule has 6 aliphatic rings. The van der Waals surface area contributed by atoms with Crippen LogP contribution in [0.4, 0.5) is 21.0 Å². The molecule has 3 aliphatic carbocycles. The lowest BCUT2D eigenvalue weighted by atomic mass is 9.34. The van der Waals surface area contributed by atoms with Gasteiger partial charge in [-0.2, -0.15) is 0 Å². The van der Waals surface area contributed by atoms with Crippen LogP contribution in [0.3, 0.4) is 0 Å². The molecule has 5 aromatic rings. The van der Waals surface area contributed by atoms with E-state index >= 15 is 0 Å². The van der Waals surface area contributed by atoms with Gasteiger partial charge in [0.15, 0.2) is 0 Å². The summed E-state index contributed by atoms with van der Waals surface area (Å²) in [7, 11) is 1.68. The number of hydrogen-bond donors (Lipinski definition) is 3. The summed E-state index contributed by atoms with van der Waals surface area (Å²) < 4.78 is 29.0. The van der Waals surface area contributed by atoms with Gasteiger partial charge in [-0.15, -0.1) is 11.6 Å². The van der Waals surface area contributed by atoms with Crippen molar-refractivity contribution in [1.82, 2.24) is 20.0 Å². The van der Waals surface area contributed by atoms with Gasteiger partial charge in [-0.25, -0.2) is 14.2 Å². The zero-order valence-electron chi connectivity index (χ0n) is 43.7. The first-order valence-electron chi connectivity index (χ1n) is 26.5. The highest BCUT2D eigenvalue weighted by molar-refractivity contribution is 8.76. The molecule has 3 heterocycles. The fourth-order valence-electron chi connectivity index (χ4n) is 11.8. The van der Waals surface area contributed by atoms with Crippen LogP contribution in [0.15, 0.2) is 102 Å². The molecule has 3 aliphatic heterocycles. The van der Waals surface area contributed by atoms with Crippen LogP contribution in [-0.2, 0) is 36.7 Å². The van der Waals surface area contributed by atoms with Crippen LogP contribution in [0.2, 0.25) is 0 Å². The lowest BCUT2D eigenvalue weighted by Crippen LogP contribution is -2.72. The Morgan fingerprint density at radius 1 is 0.795 bits per heavy atom. The minimum Gasteiger partial charge on any atom is -0.445 e. The summed E-state index contributed by atoms with van der Waals surface area (Å²) in [5.41, 5.74) is 2.34. The van der Waals surface area contributed by atoms with Crippen molar-refractivity contribution >= 4 is 104 Å². The lowest BCUT2D eigenvalue weighted by molar-refractivity contribution is -0.204. The minimum absolute atomic E-state index is 0.0305. The van der Waals surface area contributed by atoms with Gasteiger partial charge in [0.25, 0.3) is 0 Å². The van der Waals surface area contributed by atoms with E-state index in [0.29, 0.717) is 60.1 Å². The quantitative estimate of drug-likeness (QED) is 0.0242. The van der Waals surface area contributed by atoms with Crippen molar-refractivity contribution in [2.75, 3.05) is 87.9 Å². The van der Waals surface area contributed by atoms with Crippen LogP contribution in [-0.4, -0.2) is 132 Å². The summed E-state index contributed by atoms with van der Waals surface area (Å²) in [5, 5.41) is 6.31. The second-order valence-electron chi connectivity index (χ2n) is 21.0. The van der Waals surface area contributed by atoms with Crippen molar-refractivity contribution in [2.45, 2.75) is 68.8 Å². The van der Waals surface area contributed by atoms with E-state index in [2.05, 4.69) is 5.32 Å². The van der Waals surface area contributed by atoms with E-state index in [1.807, 2.05) is 71.6 Å². The number of amides is 5.